The van der Waals surface area contributed by atoms with Crippen molar-refractivity contribution in [2.45, 2.75) is 38.6 Å². The molecule has 1 heterocycles. The molecule has 0 aliphatic carbocycles. The zero-order valence-electron chi connectivity index (χ0n) is 11.2. The fourth-order valence-corrected chi connectivity index (χ4v) is 2.65. The van der Waals surface area contributed by atoms with Crippen LogP contribution in [-0.4, -0.2) is 30.6 Å². The summed E-state index contributed by atoms with van der Waals surface area (Å²) >= 11 is 0. The van der Waals surface area contributed by atoms with Gasteiger partial charge in [-0.3, -0.25) is 0 Å². The van der Waals surface area contributed by atoms with Crippen LogP contribution in [-0.2, 0) is 0 Å². The number of halogens is 1. The summed E-state index contributed by atoms with van der Waals surface area (Å²) in [6.45, 7) is 5.79. The van der Waals surface area contributed by atoms with Crippen molar-refractivity contribution in [2.24, 2.45) is 0 Å². The highest BCUT2D eigenvalue weighted by atomic mass is 19.1. The molecule has 0 aromatic heterocycles. The van der Waals surface area contributed by atoms with E-state index in [2.05, 4.69) is 17.1 Å². The van der Waals surface area contributed by atoms with Crippen LogP contribution in [0.1, 0.15) is 32.6 Å². The van der Waals surface area contributed by atoms with Crippen LogP contribution in [0, 0.1) is 5.82 Å². The third-order valence-electron chi connectivity index (χ3n) is 3.56. The maximum atomic E-state index is 13.1. The van der Waals surface area contributed by atoms with Crippen LogP contribution >= 0.6 is 0 Å². The van der Waals surface area contributed by atoms with Crippen molar-refractivity contribution in [1.29, 1.82) is 0 Å². The lowest BCUT2D eigenvalue weighted by Crippen LogP contribution is -2.27. The number of nitrogens with zero attached hydrogens (tertiary/aromatic N) is 1. The molecule has 2 rings (SSSR count). The minimum Gasteiger partial charge on any atom is -0.382 e. The van der Waals surface area contributed by atoms with Crippen molar-refractivity contribution >= 4 is 5.69 Å². The second kappa shape index (κ2) is 6.74. The summed E-state index contributed by atoms with van der Waals surface area (Å²) in [4.78, 5) is 2.53. The van der Waals surface area contributed by atoms with E-state index >= 15 is 0 Å². The molecule has 1 aliphatic rings. The number of likely N-dealkylation sites (tertiary alicyclic amines) is 1. The summed E-state index contributed by atoms with van der Waals surface area (Å²) in [7, 11) is 0. The summed E-state index contributed by atoms with van der Waals surface area (Å²) in [6, 6.07) is 7.25. The average Bonchev–Trinajstić information content (AvgIpc) is 2.56. The lowest BCUT2D eigenvalue weighted by atomic mass is 10.1. The van der Waals surface area contributed by atoms with E-state index < -0.39 is 0 Å². The van der Waals surface area contributed by atoms with Crippen molar-refractivity contribution in [2.75, 3.05) is 25.0 Å². The molecule has 0 spiro atoms. The van der Waals surface area contributed by atoms with Gasteiger partial charge in [0.15, 0.2) is 0 Å². The standard InChI is InChI=1S/C15H23FN2/c1-2-9-18-10-4-7-14(8-11-18)17-15-6-3-5-13(16)12-15/h3,5-6,12,14,17H,2,4,7-11H2,1H3. The van der Waals surface area contributed by atoms with Crippen LogP contribution in [0.4, 0.5) is 10.1 Å². The fraction of sp³-hybridized carbons (Fsp3) is 0.600. The molecule has 18 heavy (non-hydrogen) atoms. The van der Waals surface area contributed by atoms with E-state index in [1.165, 1.54) is 38.4 Å². The topological polar surface area (TPSA) is 15.3 Å². The van der Waals surface area contributed by atoms with Crippen LogP contribution in [0.5, 0.6) is 0 Å². The number of hydrogen-bond acceptors (Lipinski definition) is 2. The third-order valence-corrected chi connectivity index (χ3v) is 3.56. The van der Waals surface area contributed by atoms with Crippen LogP contribution < -0.4 is 5.32 Å². The lowest BCUT2D eigenvalue weighted by Gasteiger charge is -2.20. The van der Waals surface area contributed by atoms with Crippen molar-refractivity contribution in [3.8, 4) is 0 Å². The van der Waals surface area contributed by atoms with Crippen molar-refractivity contribution in [1.82, 2.24) is 4.90 Å². The van der Waals surface area contributed by atoms with Crippen molar-refractivity contribution in [3.05, 3.63) is 30.1 Å². The first-order valence-electron chi connectivity index (χ1n) is 7.02. The second-order valence-electron chi connectivity index (χ2n) is 5.12. The summed E-state index contributed by atoms with van der Waals surface area (Å²) in [6.07, 6.45) is 4.78. The van der Waals surface area contributed by atoms with Crippen molar-refractivity contribution < 1.29 is 4.39 Å². The highest BCUT2D eigenvalue weighted by Gasteiger charge is 2.16. The Labute approximate surface area is 109 Å². The number of rotatable bonds is 4. The van der Waals surface area contributed by atoms with Gasteiger partial charge in [0.1, 0.15) is 5.82 Å². The van der Waals surface area contributed by atoms with Crippen LogP contribution in [0.2, 0.25) is 0 Å². The lowest BCUT2D eigenvalue weighted by molar-refractivity contribution is 0.285. The minimum atomic E-state index is -0.166. The Morgan fingerprint density at radius 1 is 1.33 bits per heavy atom. The van der Waals surface area contributed by atoms with Gasteiger partial charge < -0.3 is 10.2 Å². The predicted molar refractivity (Wildman–Crippen MR) is 74.4 cm³/mol. The summed E-state index contributed by atoms with van der Waals surface area (Å²) < 4.78 is 13.1. The summed E-state index contributed by atoms with van der Waals surface area (Å²) in [5.41, 5.74) is 0.906. The average molecular weight is 250 g/mol. The van der Waals surface area contributed by atoms with Crippen LogP contribution in [0.3, 0.4) is 0 Å². The number of nitrogens with one attached hydrogen (secondary N) is 1. The Bertz CT molecular complexity index is 367. The van der Waals surface area contributed by atoms with Crippen LogP contribution in [0.15, 0.2) is 24.3 Å². The first-order valence-corrected chi connectivity index (χ1v) is 7.02. The molecule has 1 atom stereocenters. The van der Waals surface area contributed by atoms with E-state index in [9.17, 15) is 4.39 Å². The number of hydrogen-bond donors (Lipinski definition) is 1. The third kappa shape index (κ3) is 3.98. The first kappa shape index (κ1) is 13.3. The number of benzene rings is 1. The molecule has 1 fully saturated rings. The normalized spacial score (nSPS) is 21.6. The Hall–Kier alpha value is -1.09. The highest BCUT2D eigenvalue weighted by molar-refractivity contribution is 5.43. The van der Waals surface area contributed by atoms with Crippen LogP contribution in [0.25, 0.3) is 0 Å². The quantitative estimate of drug-likeness (QED) is 0.879. The largest absolute Gasteiger partial charge is 0.382 e. The molecule has 0 saturated carbocycles. The summed E-state index contributed by atoms with van der Waals surface area (Å²) in [5.74, 6) is -0.166. The molecule has 1 saturated heterocycles. The maximum Gasteiger partial charge on any atom is 0.125 e. The molecule has 3 heteroatoms. The first-order chi connectivity index (χ1) is 8.78. The van der Waals surface area contributed by atoms with Gasteiger partial charge in [0.25, 0.3) is 0 Å². The molecular formula is C15H23FN2. The van der Waals surface area contributed by atoms with Gasteiger partial charge in [-0.1, -0.05) is 13.0 Å². The SMILES string of the molecule is CCCN1CCCC(Nc2cccc(F)c2)CC1. The van der Waals surface area contributed by atoms with Gasteiger partial charge in [0, 0.05) is 18.3 Å². The molecule has 1 aromatic rings. The predicted octanol–water partition coefficient (Wildman–Crippen LogP) is 3.50. The molecular weight excluding hydrogens is 227 g/mol. The van der Waals surface area contributed by atoms with Gasteiger partial charge in [-0.15, -0.1) is 0 Å². The Morgan fingerprint density at radius 3 is 3.00 bits per heavy atom. The highest BCUT2D eigenvalue weighted by Crippen LogP contribution is 2.17. The maximum absolute atomic E-state index is 13.1. The Balaban J connectivity index is 1.87. The second-order valence-corrected chi connectivity index (χ2v) is 5.12. The van der Waals surface area contributed by atoms with Gasteiger partial charge in [0.2, 0.25) is 0 Å². The van der Waals surface area contributed by atoms with Gasteiger partial charge in [-0.05, 0) is 57.0 Å². The Morgan fingerprint density at radius 2 is 2.22 bits per heavy atom. The van der Waals surface area contributed by atoms with E-state index in [1.54, 1.807) is 12.1 Å². The zero-order valence-corrected chi connectivity index (χ0v) is 11.2. The van der Waals surface area contributed by atoms with Crippen molar-refractivity contribution in [3.63, 3.8) is 0 Å². The fourth-order valence-electron chi connectivity index (χ4n) is 2.65. The molecule has 1 N–H and O–H groups in total. The van der Waals surface area contributed by atoms with Gasteiger partial charge in [0.05, 0.1) is 0 Å². The van der Waals surface area contributed by atoms with E-state index in [-0.39, 0.29) is 5.82 Å². The van der Waals surface area contributed by atoms with Gasteiger partial charge >= 0.3 is 0 Å². The Kier molecular flexibility index (Phi) is 5.00. The molecule has 0 bridgehead atoms. The van der Waals surface area contributed by atoms with E-state index in [4.69, 9.17) is 0 Å². The molecule has 2 nitrogen and oxygen atoms in total. The molecule has 1 aliphatic heterocycles. The van der Waals surface area contributed by atoms with Gasteiger partial charge in [-0.2, -0.15) is 0 Å². The minimum absolute atomic E-state index is 0.166. The molecule has 100 valence electrons. The molecule has 1 aromatic carbocycles. The molecule has 0 radical (unpaired) electrons. The van der Waals surface area contributed by atoms with E-state index in [1.807, 2.05) is 6.07 Å². The summed E-state index contributed by atoms with van der Waals surface area (Å²) in [5, 5.41) is 3.46. The van der Waals surface area contributed by atoms with E-state index in [0.717, 1.165) is 18.7 Å². The number of anilines is 1. The van der Waals surface area contributed by atoms with E-state index in [0.29, 0.717) is 6.04 Å². The zero-order chi connectivity index (χ0) is 12.8. The smallest absolute Gasteiger partial charge is 0.125 e. The van der Waals surface area contributed by atoms with Gasteiger partial charge in [-0.25, -0.2) is 4.39 Å². The molecule has 0 amide bonds. The molecule has 1 unspecified atom stereocenters. The monoisotopic (exact) mass is 250 g/mol.